The summed E-state index contributed by atoms with van der Waals surface area (Å²) in [5.41, 5.74) is -0.154. The van der Waals surface area contributed by atoms with Crippen LogP contribution < -0.4 is 15.4 Å². The van der Waals surface area contributed by atoms with Crippen molar-refractivity contribution in [3.63, 3.8) is 0 Å². The molecule has 2 amide bonds. The van der Waals surface area contributed by atoms with Crippen molar-refractivity contribution in [2.75, 3.05) is 11.9 Å². The second kappa shape index (κ2) is 8.02. The number of nitrogens with one attached hydrogen (secondary N) is 2. The van der Waals surface area contributed by atoms with Gasteiger partial charge in [0.2, 0.25) is 5.91 Å². The zero-order chi connectivity index (χ0) is 20.6. The number of thiazole rings is 1. The van der Waals surface area contributed by atoms with Gasteiger partial charge in [0.05, 0.1) is 0 Å². The summed E-state index contributed by atoms with van der Waals surface area (Å²) in [6, 6.07) is 8.72. The Morgan fingerprint density at radius 3 is 2.37 bits per heavy atom. The van der Waals surface area contributed by atoms with E-state index in [1.54, 1.807) is 6.20 Å². The van der Waals surface area contributed by atoms with E-state index in [-0.39, 0.29) is 23.8 Å². The number of rotatable bonds is 7. The monoisotopic (exact) mass is 425 g/mol. The number of amides is 2. The lowest BCUT2D eigenvalue weighted by Crippen LogP contribution is -2.61. The molecule has 7 heteroatoms. The maximum absolute atomic E-state index is 13.3. The van der Waals surface area contributed by atoms with Gasteiger partial charge in [0, 0.05) is 17.0 Å². The minimum absolute atomic E-state index is 0.0998. The third-order valence-electron chi connectivity index (χ3n) is 7.04. The maximum Gasteiger partial charge on any atom is 0.258 e. The molecule has 4 aliphatic carbocycles. The quantitative estimate of drug-likeness (QED) is 0.706. The molecule has 4 fully saturated rings. The Morgan fingerprint density at radius 1 is 1.10 bits per heavy atom. The van der Waals surface area contributed by atoms with Gasteiger partial charge in [-0.3, -0.25) is 9.59 Å². The lowest BCUT2D eigenvalue weighted by molar-refractivity contribution is -0.138. The summed E-state index contributed by atoms with van der Waals surface area (Å²) < 4.78 is 5.62. The first-order valence-electron chi connectivity index (χ1n) is 10.8. The molecule has 4 saturated carbocycles. The number of anilines is 1. The summed E-state index contributed by atoms with van der Waals surface area (Å²) in [5, 5.41) is 8.41. The van der Waals surface area contributed by atoms with Crippen LogP contribution in [0.4, 0.5) is 5.13 Å². The van der Waals surface area contributed by atoms with E-state index in [1.165, 1.54) is 30.6 Å². The predicted molar refractivity (Wildman–Crippen MR) is 115 cm³/mol. The second-order valence-corrected chi connectivity index (χ2v) is 10.1. The van der Waals surface area contributed by atoms with E-state index in [1.807, 2.05) is 35.7 Å². The highest BCUT2D eigenvalue weighted by Gasteiger charge is 2.56. The Kier molecular flexibility index (Phi) is 5.23. The Hall–Kier alpha value is -2.41. The number of hydrogen-bond donors (Lipinski definition) is 2. The fraction of sp³-hybridized carbons (Fsp3) is 0.522. The molecular weight excluding hydrogens is 398 g/mol. The van der Waals surface area contributed by atoms with Crippen LogP contribution in [-0.4, -0.2) is 29.4 Å². The van der Waals surface area contributed by atoms with Crippen molar-refractivity contribution in [2.24, 2.45) is 23.2 Å². The summed E-state index contributed by atoms with van der Waals surface area (Å²) in [6.45, 7) is -0.0998. The van der Waals surface area contributed by atoms with Gasteiger partial charge < -0.3 is 15.4 Å². The van der Waals surface area contributed by atoms with Gasteiger partial charge in [-0.05, 0) is 68.4 Å². The third kappa shape index (κ3) is 3.95. The molecule has 0 saturated heterocycles. The molecule has 1 aromatic carbocycles. The Balaban J connectivity index is 1.33. The van der Waals surface area contributed by atoms with Gasteiger partial charge in [0.25, 0.3) is 5.91 Å². The lowest BCUT2D eigenvalue weighted by atomic mass is 9.47. The van der Waals surface area contributed by atoms with Crippen LogP contribution in [0, 0.1) is 23.2 Å². The molecule has 4 bridgehead atoms. The fourth-order valence-corrected chi connectivity index (χ4v) is 6.89. The van der Waals surface area contributed by atoms with Crippen molar-refractivity contribution >= 4 is 28.3 Å². The molecule has 4 aliphatic rings. The number of hydrogen-bond acceptors (Lipinski definition) is 5. The Bertz CT molecular complexity index is 864. The average Bonchev–Trinajstić information content (AvgIpc) is 3.23. The van der Waals surface area contributed by atoms with Gasteiger partial charge in [0.1, 0.15) is 11.8 Å². The van der Waals surface area contributed by atoms with Crippen LogP contribution in [0.25, 0.3) is 0 Å². The van der Waals surface area contributed by atoms with Crippen molar-refractivity contribution < 1.29 is 14.3 Å². The first kappa shape index (κ1) is 19.5. The van der Waals surface area contributed by atoms with Gasteiger partial charge in [-0.25, -0.2) is 4.98 Å². The normalized spacial score (nSPS) is 29.9. The van der Waals surface area contributed by atoms with Crippen molar-refractivity contribution in [3.05, 3.63) is 41.9 Å². The topological polar surface area (TPSA) is 80.3 Å². The summed E-state index contributed by atoms with van der Waals surface area (Å²) in [4.78, 5) is 30.3. The first-order valence-corrected chi connectivity index (χ1v) is 11.7. The van der Waals surface area contributed by atoms with Gasteiger partial charge in [0.15, 0.2) is 11.7 Å². The van der Waals surface area contributed by atoms with Crippen molar-refractivity contribution in [3.8, 4) is 5.75 Å². The van der Waals surface area contributed by atoms with Crippen LogP contribution in [0.15, 0.2) is 41.9 Å². The number of benzene rings is 1. The standard InChI is InChI=1S/C23H27N3O3S/c27-19(14-29-18-4-2-1-3-5-18)25-20(21(28)26-22-24-6-7-30-22)23-11-15-8-16(12-23)10-17(9-15)13-23/h1-7,15-17,20H,8-14H2,(H,25,27)(H,24,26,28)/t15?,16?,17?,20-,23?/m0/s1. The van der Waals surface area contributed by atoms with Gasteiger partial charge >= 0.3 is 0 Å². The van der Waals surface area contributed by atoms with E-state index in [2.05, 4.69) is 15.6 Å². The number of aromatic nitrogens is 1. The van der Waals surface area contributed by atoms with Crippen molar-refractivity contribution in [1.29, 1.82) is 0 Å². The molecule has 30 heavy (non-hydrogen) atoms. The number of para-hydroxylation sites is 1. The molecule has 6 rings (SSSR count). The molecule has 2 N–H and O–H groups in total. The molecule has 0 spiro atoms. The second-order valence-electron chi connectivity index (χ2n) is 9.21. The highest BCUT2D eigenvalue weighted by Crippen LogP contribution is 2.61. The Morgan fingerprint density at radius 2 is 1.77 bits per heavy atom. The molecule has 2 aromatic rings. The van der Waals surface area contributed by atoms with Crippen molar-refractivity contribution in [2.45, 2.75) is 44.6 Å². The molecule has 6 nitrogen and oxygen atoms in total. The van der Waals surface area contributed by atoms with Gasteiger partial charge in [-0.1, -0.05) is 18.2 Å². The smallest absolute Gasteiger partial charge is 0.258 e. The summed E-state index contributed by atoms with van der Waals surface area (Å²) in [7, 11) is 0. The first-order chi connectivity index (χ1) is 14.6. The largest absolute Gasteiger partial charge is 0.484 e. The van der Waals surface area contributed by atoms with E-state index >= 15 is 0 Å². The molecule has 158 valence electrons. The van der Waals surface area contributed by atoms with Crippen LogP contribution in [0.5, 0.6) is 5.75 Å². The van der Waals surface area contributed by atoms with E-state index < -0.39 is 6.04 Å². The van der Waals surface area contributed by atoms with Crippen LogP contribution >= 0.6 is 11.3 Å². The SMILES string of the molecule is O=C(COc1ccccc1)N[C@@H](C(=O)Nc1nccs1)C12CC3CC(CC(C3)C1)C2. The number of carbonyl (C=O) groups excluding carboxylic acids is 2. The maximum atomic E-state index is 13.3. The van der Waals surface area contributed by atoms with Gasteiger partial charge in [-0.15, -0.1) is 11.3 Å². The van der Waals surface area contributed by atoms with Crippen LogP contribution in [0.2, 0.25) is 0 Å². The van der Waals surface area contributed by atoms with Crippen LogP contribution in [0.3, 0.4) is 0 Å². The van der Waals surface area contributed by atoms with Crippen LogP contribution in [-0.2, 0) is 9.59 Å². The highest BCUT2D eigenvalue weighted by atomic mass is 32.1. The van der Waals surface area contributed by atoms with E-state index in [4.69, 9.17) is 4.74 Å². The van der Waals surface area contributed by atoms with Crippen LogP contribution in [0.1, 0.15) is 38.5 Å². The Labute approximate surface area is 180 Å². The minimum atomic E-state index is -0.554. The third-order valence-corrected chi connectivity index (χ3v) is 7.73. The van der Waals surface area contributed by atoms with Gasteiger partial charge in [-0.2, -0.15) is 0 Å². The fourth-order valence-electron chi connectivity index (χ4n) is 6.36. The predicted octanol–water partition coefficient (Wildman–Crippen LogP) is 3.86. The summed E-state index contributed by atoms with van der Waals surface area (Å²) in [5.74, 6) is 2.29. The molecule has 0 aliphatic heterocycles. The molecule has 1 heterocycles. The highest BCUT2D eigenvalue weighted by molar-refractivity contribution is 7.13. The lowest BCUT2D eigenvalue weighted by Gasteiger charge is -2.58. The van der Waals surface area contributed by atoms with Crippen molar-refractivity contribution in [1.82, 2.24) is 10.3 Å². The molecule has 1 atom stereocenters. The molecule has 0 unspecified atom stereocenters. The van der Waals surface area contributed by atoms with E-state index in [9.17, 15) is 9.59 Å². The number of carbonyl (C=O) groups is 2. The minimum Gasteiger partial charge on any atom is -0.484 e. The molecular formula is C23H27N3O3S. The van der Waals surface area contributed by atoms with E-state index in [0.29, 0.717) is 28.6 Å². The summed E-state index contributed by atoms with van der Waals surface area (Å²) in [6.07, 6.45) is 8.59. The number of nitrogens with zero attached hydrogens (tertiary/aromatic N) is 1. The summed E-state index contributed by atoms with van der Waals surface area (Å²) >= 11 is 1.39. The molecule has 0 radical (unpaired) electrons. The zero-order valence-corrected chi connectivity index (χ0v) is 17.7. The average molecular weight is 426 g/mol. The number of ether oxygens (including phenoxy) is 1. The zero-order valence-electron chi connectivity index (χ0n) is 16.9. The van der Waals surface area contributed by atoms with E-state index in [0.717, 1.165) is 19.3 Å². The molecule has 1 aromatic heterocycles.